The van der Waals surface area contributed by atoms with Gasteiger partial charge in [0, 0.05) is 19.0 Å². The molecule has 0 aliphatic heterocycles. The van der Waals surface area contributed by atoms with Gasteiger partial charge in [0.05, 0.1) is 18.7 Å². The maximum atomic E-state index is 5.32. The summed E-state index contributed by atoms with van der Waals surface area (Å²) in [6.07, 6.45) is 7.08. The molecule has 0 aliphatic rings. The molecule has 0 amide bonds. The molecular weight excluding hydrogens is 240 g/mol. The van der Waals surface area contributed by atoms with Gasteiger partial charge >= 0.3 is 0 Å². The van der Waals surface area contributed by atoms with Crippen molar-refractivity contribution in [1.29, 1.82) is 0 Å². The van der Waals surface area contributed by atoms with E-state index in [0.717, 1.165) is 36.8 Å². The molecule has 19 heavy (non-hydrogen) atoms. The monoisotopic (exact) mass is 260 g/mol. The zero-order chi connectivity index (χ0) is 13.5. The van der Waals surface area contributed by atoms with Crippen molar-refractivity contribution >= 4 is 11.6 Å². The van der Waals surface area contributed by atoms with E-state index in [2.05, 4.69) is 27.5 Å². The van der Waals surface area contributed by atoms with Crippen molar-refractivity contribution in [1.82, 2.24) is 9.97 Å². The van der Waals surface area contributed by atoms with Crippen molar-refractivity contribution in [3.63, 3.8) is 0 Å². The lowest BCUT2D eigenvalue weighted by atomic mass is 10.1. The van der Waals surface area contributed by atoms with Crippen molar-refractivity contribution in [2.75, 3.05) is 17.2 Å². The Labute approximate surface area is 113 Å². The highest BCUT2D eigenvalue weighted by Crippen LogP contribution is 2.11. The van der Waals surface area contributed by atoms with Crippen LogP contribution < -0.4 is 10.6 Å². The number of hydrogen-bond donors (Lipinski definition) is 2. The third-order valence-corrected chi connectivity index (χ3v) is 2.79. The van der Waals surface area contributed by atoms with Crippen LogP contribution in [-0.4, -0.2) is 22.6 Å². The van der Waals surface area contributed by atoms with Gasteiger partial charge in [-0.15, -0.1) is 0 Å². The van der Waals surface area contributed by atoms with Gasteiger partial charge in [0.15, 0.2) is 0 Å². The zero-order valence-electron chi connectivity index (χ0n) is 11.4. The summed E-state index contributed by atoms with van der Waals surface area (Å²) in [5, 5.41) is 6.49. The van der Waals surface area contributed by atoms with E-state index in [0.29, 0.717) is 6.04 Å². The van der Waals surface area contributed by atoms with Gasteiger partial charge < -0.3 is 15.1 Å². The fraction of sp³-hybridized carbons (Fsp3) is 0.429. The van der Waals surface area contributed by atoms with Crippen LogP contribution in [0.1, 0.15) is 26.0 Å². The third-order valence-electron chi connectivity index (χ3n) is 2.79. The van der Waals surface area contributed by atoms with Gasteiger partial charge in [-0.25, -0.2) is 4.98 Å². The summed E-state index contributed by atoms with van der Waals surface area (Å²) in [6.45, 7) is 5.00. The van der Waals surface area contributed by atoms with Gasteiger partial charge in [0.2, 0.25) is 0 Å². The molecule has 2 heterocycles. The molecule has 2 aromatic rings. The van der Waals surface area contributed by atoms with E-state index in [9.17, 15) is 0 Å². The third kappa shape index (κ3) is 4.28. The van der Waals surface area contributed by atoms with Crippen LogP contribution in [-0.2, 0) is 6.42 Å². The first kappa shape index (κ1) is 13.4. The van der Waals surface area contributed by atoms with E-state index in [4.69, 9.17) is 4.42 Å². The second-order valence-electron chi connectivity index (χ2n) is 4.48. The minimum Gasteiger partial charge on any atom is -0.469 e. The molecule has 0 aromatic carbocycles. The van der Waals surface area contributed by atoms with Crippen molar-refractivity contribution in [2.45, 2.75) is 32.7 Å². The van der Waals surface area contributed by atoms with Crippen molar-refractivity contribution in [2.24, 2.45) is 0 Å². The van der Waals surface area contributed by atoms with Crippen LogP contribution in [0.5, 0.6) is 0 Å². The Morgan fingerprint density at radius 1 is 1.32 bits per heavy atom. The standard InChI is InChI=1S/C14H20N4O/c1-3-16-13-9-15-10-14(18-13)17-11(2)6-7-12-5-4-8-19-12/h4-5,8-11H,3,6-7H2,1-2H3,(H2,16,17,18). The number of furan rings is 1. The summed E-state index contributed by atoms with van der Waals surface area (Å²) < 4.78 is 5.32. The molecule has 0 bridgehead atoms. The predicted octanol–water partition coefficient (Wildman–Crippen LogP) is 2.93. The van der Waals surface area contributed by atoms with Crippen LogP contribution in [0.3, 0.4) is 0 Å². The number of aryl methyl sites for hydroxylation is 1. The first-order chi connectivity index (χ1) is 9.28. The highest BCUT2D eigenvalue weighted by atomic mass is 16.3. The molecule has 5 heteroatoms. The maximum Gasteiger partial charge on any atom is 0.147 e. The Morgan fingerprint density at radius 2 is 2.16 bits per heavy atom. The van der Waals surface area contributed by atoms with Gasteiger partial charge in [0.25, 0.3) is 0 Å². The molecule has 0 saturated carbocycles. The number of nitrogens with zero attached hydrogens (tertiary/aromatic N) is 2. The van der Waals surface area contributed by atoms with Crippen LogP contribution >= 0.6 is 0 Å². The molecule has 0 spiro atoms. The first-order valence-electron chi connectivity index (χ1n) is 6.62. The van der Waals surface area contributed by atoms with Crippen LogP contribution in [0.4, 0.5) is 11.6 Å². The van der Waals surface area contributed by atoms with E-state index in [-0.39, 0.29) is 0 Å². The Kier molecular flexibility index (Phi) is 4.78. The van der Waals surface area contributed by atoms with Crippen LogP contribution in [0.2, 0.25) is 0 Å². The molecule has 2 aromatic heterocycles. The van der Waals surface area contributed by atoms with E-state index >= 15 is 0 Å². The number of anilines is 2. The minimum atomic E-state index is 0.316. The average Bonchev–Trinajstić information content (AvgIpc) is 2.90. The zero-order valence-corrected chi connectivity index (χ0v) is 11.4. The lowest BCUT2D eigenvalue weighted by Crippen LogP contribution is -2.17. The summed E-state index contributed by atoms with van der Waals surface area (Å²) >= 11 is 0. The van der Waals surface area contributed by atoms with Gasteiger partial charge in [-0.3, -0.25) is 4.98 Å². The normalized spacial score (nSPS) is 12.1. The number of rotatable bonds is 7. The lowest BCUT2D eigenvalue weighted by Gasteiger charge is -2.14. The molecule has 1 atom stereocenters. The van der Waals surface area contributed by atoms with E-state index in [1.54, 1.807) is 18.7 Å². The van der Waals surface area contributed by atoms with Crippen LogP contribution in [0, 0.1) is 0 Å². The summed E-state index contributed by atoms with van der Waals surface area (Å²) in [4.78, 5) is 8.60. The van der Waals surface area contributed by atoms with Crippen molar-refractivity contribution in [3.8, 4) is 0 Å². The largest absolute Gasteiger partial charge is 0.469 e. The second kappa shape index (κ2) is 6.78. The fourth-order valence-corrected chi connectivity index (χ4v) is 1.84. The number of aromatic nitrogens is 2. The fourth-order valence-electron chi connectivity index (χ4n) is 1.84. The molecular formula is C14H20N4O. The number of nitrogens with one attached hydrogen (secondary N) is 2. The molecule has 2 rings (SSSR count). The van der Waals surface area contributed by atoms with Gasteiger partial charge in [0.1, 0.15) is 17.4 Å². The van der Waals surface area contributed by atoms with Crippen molar-refractivity contribution < 1.29 is 4.42 Å². The highest BCUT2D eigenvalue weighted by molar-refractivity contribution is 5.41. The molecule has 0 fully saturated rings. The van der Waals surface area contributed by atoms with Gasteiger partial charge in [-0.05, 0) is 32.4 Å². The molecule has 102 valence electrons. The van der Waals surface area contributed by atoms with E-state index in [1.807, 2.05) is 19.1 Å². The summed E-state index contributed by atoms with van der Waals surface area (Å²) in [5.41, 5.74) is 0. The Morgan fingerprint density at radius 3 is 2.89 bits per heavy atom. The van der Waals surface area contributed by atoms with E-state index in [1.165, 1.54) is 0 Å². The maximum absolute atomic E-state index is 5.32. The summed E-state index contributed by atoms with van der Waals surface area (Å²) in [5.74, 6) is 2.61. The van der Waals surface area contributed by atoms with E-state index < -0.39 is 0 Å². The van der Waals surface area contributed by atoms with Gasteiger partial charge in [-0.2, -0.15) is 0 Å². The minimum absolute atomic E-state index is 0.316. The molecule has 0 radical (unpaired) electrons. The highest BCUT2D eigenvalue weighted by Gasteiger charge is 2.06. The SMILES string of the molecule is CCNc1cncc(NC(C)CCc2ccco2)n1. The lowest BCUT2D eigenvalue weighted by molar-refractivity contribution is 0.495. The molecule has 2 N–H and O–H groups in total. The summed E-state index contributed by atoms with van der Waals surface area (Å²) in [7, 11) is 0. The molecule has 0 saturated heterocycles. The Bertz CT molecular complexity index is 484. The smallest absolute Gasteiger partial charge is 0.147 e. The van der Waals surface area contributed by atoms with Gasteiger partial charge in [-0.1, -0.05) is 0 Å². The number of hydrogen-bond acceptors (Lipinski definition) is 5. The second-order valence-corrected chi connectivity index (χ2v) is 4.48. The average molecular weight is 260 g/mol. The molecule has 1 unspecified atom stereocenters. The first-order valence-corrected chi connectivity index (χ1v) is 6.62. The Balaban J connectivity index is 1.84. The van der Waals surface area contributed by atoms with Crippen LogP contribution in [0.15, 0.2) is 35.2 Å². The summed E-state index contributed by atoms with van der Waals surface area (Å²) in [6, 6.07) is 4.23. The Hall–Kier alpha value is -2.04. The quantitative estimate of drug-likeness (QED) is 0.801. The van der Waals surface area contributed by atoms with Crippen LogP contribution in [0.25, 0.3) is 0 Å². The topological polar surface area (TPSA) is 63.0 Å². The molecule has 0 aliphatic carbocycles. The predicted molar refractivity (Wildman–Crippen MR) is 76.3 cm³/mol. The molecule has 5 nitrogen and oxygen atoms in total. The van der Waals surface area contributed by atoms with Crippen molar-refractivity contribution in [3.05, 3.63) is 36.5 Å².